The topological polar surface area (TPSA) is 79.0 Å². The number of aromatic nitrogens is 3. The number of rotatable bonds is 5. The number of nitrogens with zero attached hydrogens (tertiary/aromatic N) is 3. The van der Waals surface area contributed by atoms with Crippen molar-refractivity contribution >= 4 is 5.91 Å². The van der Waals surface area contributed by atoms with E-state index in [0.717, 1.165) is 16.8 Å². The van der Waals surface area contributed by atoms with Crippen LogP contribution in [0.2, 0.25) is 0 Å². The number of pyridine rings is 1. The van der Waals surface area contributed by atoms with E-state index in [-0.39, 0.29) is 17.5 Å². The van der Waals surface area contributed by atoms with Gasteiger partial charge in [-0.1, -0.05) is 42.8 Å². The SMILES string of the molecule is CCC(c1ccccn1)N(C)C(=O)c1cnc(-c2ccc(C)cc2)[nH]c1=O. The third kappa shape index (κ3) is 3.95. The van der Waals surface area contributed by atoms with Crippen LogP contribution in [0.5, 0.6) is 0 Å². The van der Waals surface area contributed by atoms with Crippen molar-refractivity contribution < 1.29 is 4.79 Å². The standard InChI is InChI=1S/C21H22N4O2/c1-4-18(17-7-5-6-12-22-17)25(3)21(27)16-13-23-19(24-20(16)26)15-10-8-14(2)9-11-15/h5-13,18H,4H2,1-3H3,(H,23,24,26). The maximum Gasteiger partial charge on any atom is 0.264 e. The number of H-pyrrole nitrogens is 1. The molecule has 1 atom stereocenters. The molecule has 1 unspecified atom stereocenters. The average molecular weight is 362 g/mol. The van der Waals surface area contributed by atoms with E-state index in [4.69, 9.17) is 0 Å². The molecule has 2 heterocycles. The van der Waals surface area contributed by atoms with E-state index in [1.54, 1.807) is 18.1 Å². The summed E-state index contributed by atoms with van der Waals surface area (Å²) < 4.78 is 0. The van der Waals surface area contributed by atoms with Crippen molar-refractivity contribution in [3.63, 3.8) is 0 Å². The summed E-state index contributed by atoms with van der Waals surface area (Å²) in [6, 6.07) is 13.0. The van der Waals surface area contributed by atoms with Crippen molar-refractivity contribution in [2.75, 3.05) is 7.05 Å². The quantitative estimate of drug-likeness (QED) is 0.755. The molecule has 3 aromatic rings. The Morgan fingerprint density at radius 1 is 1.15 bits per heavy atom. The summed E-state index contributed by atoms with van der Waals surface area (Å²) in [7, 11) is 1.68. The molecule has 0 bridgehead atoms. The summed E-state index contributed by atoms with van der Waals surface area (Å²) in [5.74, 6) is 0.0627. The van der Waals surface area contributed by atoms with Gasteiger partial charge in [0.1, 0.15) is 11.4 Å². The first-order chi connectivity index (χ1) is 13.0. The second kappa shape index (κ2) is 7.95. The van der Waals surface area contributed by atoms with Gasteiger partial charge in [0.15, 0.2) is 0 Å². The van der Waals surface area contributed by atoms with Crippen molar-refractivity contribution in [3.05, 3.63) is 82.0 Å². The Kier molecular flexibility index (Phi) is 5.45. The number of amides is 1. The van der Waals surface area contributed by atoms with E-state index >= 15 is 0 Å². The minimum atomic E-state index is -0.451. The molecule has 0 saturated carbocycles. The zero-order valence-corrected chi connectivity index (χ0v) is 15.6. The summed E-state index contributed by atoms with van der Waals surface area (Å²) in [6.45, 7) is 3.97. The highest BCUT2D eigenvalue weighted by Crippen LogP contribution is 2.22. The highest BCUT2D eigenvalue weighted by atomic mass is 16.2. The van der Waals surface area contributed by atoms with Gasteiger partial charge in [-0.2, -0.15) is 0 Å². The van der Waals surface area contributed by atoms with Crippen LogP contribution in [-0.2, 0) is 0 Å². The number of aromatic amines is 1. The van der Waals surface area contributed by atoms with Gasteiger partial charge in [0.05, 0.1) is 11.7 Å². The van der Waals surface area contributed by atoms with E-state index in [1.807, 2.05) is 56.3 Å². The van der Waals surface area contributed by atoms with Crippen LogP contribution < -0.4 is 5.56 Å². The van der Waals surface area contributed by atoms with Gasteiger partial charge in [-0.05, 0) is 25.5 Å². The van der Waals surface area contributed by atoms with Gasteiger partial charge in [-0.15, -0.1) is 0 Å². The van der Waals surface area contributed by atoms with Crippen LogP contribution >= 0.6 is 0 Å². The molecular weight excluding hydrogens is 340 g/mol. The van der Waals surface area contributed by atoms with Crippen LogP contribution in [0.1, 0.15) is 41.0 Å². The molecule has 6 nitrogen and oxygen atoms in total. The van der Waals surface area contributed by atoms with Crippen LogP contribution in [0.15, 0.2) is 59.7 Å². The van der Waals surface area contributed by atoms with Crippen LogP contribution in [-0.4, -0.2) is 32.8 Å². The Morgan fingerprint density at radius 3 is 2.48 bits per heavy atom. The second-order valence-electron chi connectivity index (χ2n) is 6.44. The molecule has 0 radical (unpaired) electrons. The van der Waals surface area contributed by atoms with Crippen LogP contribution in [0, 0.1) is 6.92 Å². The lowest BCUT2D eigenvalue weighted by atomic mass is 10.1. The molecule has 138 valence electrons. The molecule has 0 aliphatic rings. The Balaban J connectivity index is 1.88. The summed E-state index contributed by atoms with van der Waals surface area (Å²) in [6.07, 6.45) is 3.73. The van der Waals surface area contributed by atoms with Gasteiger partial charge in [0.2, 0.25) is 0 Å². The van der Waals surface area contributed by atoms with Crippen molar-refractivity contribution in [2.24, 2.45) is 0 Å². The molecule has 3 rings (SSSR count). The van der Waals surface area contributed by atoms with Gasteiger partial charge in [0, 0.05) is 25.0 Å². The first-order valence-electron chi connectivity index (χ1n) is 8.85. The summed E-state index contributed by atoms with van der Waals surface area (Å²) in [5.41, 5.74) is 2.27. The maximum absolute atomic E-state index is 12.9. The Bertz CT molecular complexity index is 981. The number of aryl methyl sites for hydroxylation is 1. The van der Waals surface area contributed by atoms with Crippen molar-refractivity contribution in [1.29, 1.82) is 0 Å². The zero-order valence-electron chi connectivity index (χ0n) is 15.6. The van der Waals surface area contributed by atoms with E-state index in [0.29, 0.717) is 12.2 Å². The molecule has 0 aliphatic heterocycles. The van der Waals surface area contributed by atoms with Gasteiger partial charge < -0.3 is 9.88 Å². The molecule has 0 fully saturated rings. The first-order valence-corrected chi connectivity index (χ1v) is 8.85. The molecular formula is C21H22N4O2. The minimum absolute atomic E-state index is 0.0164. The second-order valence-corrected chi connectivity index (χ2v) is 6.44. The normalized spacial score (nSPS) is 11.8. The molecule has 0 saturated heterocycles. The lowest BCUT2D eigenvalue weighted by molar-refractivity contribution is 0.0720. The lowest BCUT2D eigenvalue weighted by Gasteiger charge is -2.26. The van der Waals surface area contributed by atoms with E-state index < -0.39 is 5.56 Å². The highest BCUT2D eigenvalue weighted by molar-refractivity contribution is 5.93. The number of hydrogen-bond acceptors (Lipinski definition) is 4. The fraction of sp³-hybridized carbons (Fsp3) is 0.238. The van der Waals surface area contributed by atoms with Gasteiger partial charge in [-0.25, -0.2) is 4.98 Å². The highest BCUT2D eigenvalue weighted by Gasteiger charge is 2.24. The molecule has 2 aromatic heterocycles. The Morgan fingerprint density at radius 2 is 1.89 bits per heavy atom. The van der Waals surface area contributed by atoms with Crippen LogP contribution in [0.25, 0.3) is 11.4 Å². The smallest absolute Gasteiger partial charge is 0.264 e. The average Bonchev–Trinajstić information content (AvgIpc) is 2.69. The van der Waals surface area contributed by atoms with E-state index in [2.05, 4.69) is 15.0 Å². The monoisotopic (exact) mass is 362 g/mol. The van der Waals surface area contributed by atoms with Gasteiger partial charge in [-0.3, -0.25) is 14.6 Å². The molecule has 1 amide bonds. The molecule has 0 spiro atoms. The summed E-state index contributed by atoms with van der Waals surface area (Å²) in [5, 5.41) is 0. The molecule has 6 heteroatoms. The van der Waals surface area contributed by atoms with Crippen LogP contribution in [0.3, 0.4) is 0 Å². The number of hydrogen-bond donors (Lipinski definition) is 1. The van der Waals surface area contributed by atoms with Gasteiger partial charge in [0.25, 0.3) is 11.5 Å². The van der Waals surface area contributed by atoms with Crippen molar-refractivity contribution in [1.82, 2.24) is 19.9 Å². The van der Waals surface area contributed by atoms with Crippen molar-refractivity contribution in [2.45, 2.75) is 26.3 Å². The zero-order chi connectivity index (χ0) is 19.4. The van der Waals surface area contributed by atoms with Gasteiger partial charge >= 0.3 is 0 Å². The first kappa shape index (κ1) is 18.5. The third-order valence-electron chi connectivity index (χ3n) is 4.56. The number of benzene rings is 1. The molecule has 0 aliphatic carbocycles. The third-order valence-corrected chi connectivity index (χ3v) is 4.56. The Labute approximate surface area is 157 Å². The fourth-order valence-corrected chi connectivity index (χ4v) is 2.99. The minimum Gasteiger partial charge on any atom is -0.333 e. The molecule has 1 aromatic carbocycles. The largest absolute Gasteiger partial charge is 0.333 e. The van der Waals surface area contributed by atoms with Crippen LogP contribution in [0.4, 0.5) is 0 Å². The number of carbonyl (C=O) groups is 1. The Hall–Kier alpha value is -3.28. The summed E-state index contributed by atoms with van der Waals surface area (Å²) in [4.78, 5) is 38.3. The molecule has 27 heavy (non-hydrogen) atoms. The fourth-order valence-electron chi connectivity index (χ4n) is 2.99. The predicted molar refractivity (Wildman–Crippen MR) is 104 cm³/mol. The summed E-state index contributed by atoms with van der Waals surface area (Å²) >= 11 is 0. The predicted octanol–water partition coefficient (Wildman–Crippen LogP) is 3.36. The lowest BCUT2D eigenvalue weighted by Crippen LogP contribution is -2.35. The maximum atomic E-state index is 12.9. The number of carbonyl (C=O) groups excluding carboxylic acids is 1. The van der Waals surface area contributed by atoms with E-state index in [9.17, 15) is 9.59 Å². The van der Waals surface area contributed by atoms with Crippen molar-refractivity contribution in [3.8, 4) is 11.4 Å². The molecule has 1 N–H and O–H groups in total. The number of nitrogens with one attached hydrogen (secondary N) is 1. The van der Waals surface area contributed by atoms with E-state index in [1.165, 1.54) is 6.20 Å².